The Balaban J connectivity index is 2.26. The fraction of sp³-hybridized carbons (Fsp3) is 0.333. The van der Waals surface area contributed by atoms with E-state index in [2.05, 4.69) is 10.1 Å². The smallest absolute Gasteiger partial charge is 0.408 e. The Bertz CT molecular complexity index is 440. The van der Waals surface area contributed by atoms with Gasteiger partial charge in [-0.1, -0.05) is 29.8 Å². The highest BCUT2D eigenvalue weighted by Crippen LogP contribution is 2.27. The lowest BCUT2D eigenvalue weighted by molar-refractivity contribution is -0.144. The molecule has 1 fully saturated rings. The summed E-state index contributed by atoms with van der Waals surface area (Å²) in [4.78, 5) is 22.7. The predicted molar refractivity (Wildman–Crippen MR) is 59.3 cm³/mol. The zero-order valence-corrected chi connectivity index (χ0v) is 9.60. The molecule has 1 aromatic carbocycles. The molecule has 0 spiro atoms. The number of esters is 1. The second-order valence-electron chi connectivity index (χ2n) is 3.88. The number of amides is 1. The molecule has 1 aliphatic rings. The summed E-state index contributed by atoms with van der Waals surface area (Å²) in [6.07, 6.45) is -1.23. The molecule has 1 aliphatic heterocycles. The van der Waals surface area contributed by atoms with Gasteiger partial charge in [-0.05, 0) is 12.5 Å². The molecule has 1 N–H and O–H groups in total. The largest absolute Gasteiger partial charge is 0.467 e. The molecule has 90 valence electrons. The Hall–Kier alpha value is -2.04. The van der Waals surface area contributed by atoms with E-state index in [0.29, 0.717) is 0 Å². The van der Waals surface area contributed by atoms with E-state index < -0.39 is 24.2 Å². The third-order valence-electron chi connectivity index (χ3n) is 2.67. The molecule has 1 heterocycles. The van der Waals surface area contributed by atoms with Crippen LogP contribution in [0.15, 0.2) is 24.3 Å². The van der Waals surface area contributed by atoms with E-state index >= 15 is 0 Å². The highest BCUT2D eigenvalue weighted by molar-refractivity contribution is 5.85. The molecule has 0 saturated carbocycles. The maximum atomic E-state index is 11.5. The van der Waals surface area contributed by atoms with E-state index in [9.17, 15) is 9.59 Å². The summed E-state index contributed by atoms with van der Waals surface area (Å²) in [7, 11) is 1.28. The van der Waals surface area contributed by atoms with Crippen LogP contribution < -0.4 is 5.32 Å². The Morgan fingerprint density at radius 3 is 2.59 bits per heavy atom. The molecule has 2 atom stereocenters. The first kappa shape index (κ1) is 11.4. The number of methoxy groups -OCH3 is 1. The topological polar surface area (TPSA) is 64.6 Å². The third-order valence-corrected chi connectivity index (χ3v) is 2.67. The summed E-state index contributed by atoms with van der Waals surface area (Å²) >= 11 is 0. The van der Waals surface area contributed by atoms with E-state index in [4.69, 9.17) is 4.74 Å². The Labute approximate surface area is 98.7 Å². The lowest BCUT2D eigenvalue weighted by atomic mass is 10.0. The second-order valence-corrected chi connectivity index (χ2v) is 3.88. The molecule has 0 unspecified atom stereocenters. The fourth-order valence-corrected chi connectivity index (χ4v) is 1.75. The molecule has 1 amide bonds. The molecular formula is C12H13NO4. The molecule has 0 bridgehead atoms. The van der Waals surface area contributed by atoms with Gasteiger partial charge in [0, 0.05) is 0 Å². The number of ether oxygens (including phenoxy) is 2. The van der Waals surface area contributed by atoms with Crippen molar-refractivity contribution in [1.82, 2.24) is 5.32 Å². The minimum absolute atomic E-state index is 0.513. The summed E-state index contributed by atoms with van der Waals surface area (Å²) in [5, 5.41) is 2.43. The van der Waals surface area contributed by atoms with Crippen molar-refractivity contribution in [2.24, 2.45) is 0 Å². The minimum Gasteiger partial charge on any atom is -0.467 e. The highest BCUT2D eigenvalue weighted by atomic mass is 16.6. The van der Waals surface area contributed by atoms with Crippen LogP contribution in [0.25, 0.3) is 0 Å². The number of rotatable bonds is 2. The van der Waals surface area contributed by atoms with Gasteiger partial charge >= 0.3 is 12.1 Å². The quantitative estimate of drug-likeness (QED) is 0.785. The van der Waals surface area contributed by atoms with E-state index in [1.54, 1.807) is 0 Å². The van der Waals surface area contributed by atoms with Crippen molar-refractivity contribution in [1.29, 1.82) is 0 Å². The van der Waals surface area contributed by atoms with Crippen LogP contribution in [0.4, 0.5) is 4.79 Å². The van der Waals surface area contributed by atoms with Crippen LogP contribution >= 0.6 is 0 Å². The van der Waals surface area contributed by atoms with Crippen molar-refractivity contribution in [3.05, 3.63) is 35.4 Å². The Kier molecular flexibility index (Phi) is 2.99. The normalized spacial score (nSPS) is 22.8. The summed E-state index contributed by atoms with van der Waals surface area (Å²) in [6.45, 7) is 1.96. The SMILES string of the molecule is COC(=O)[C@H]1NC(=O)O[C@@H]1c1ccc(C)cc1. The maximum absolute atomic E-state index is 11.5. The highest BCUT2D eigenvalue weighted by Gasteiger charge is 2.40. The van der Waals surface area contributed by atoms with Crippen molar-refractivity contribution in [2.45, 2.75) is 19.1 Å². The van der Waals surface area contributed by atoms with Crippen LogP contribution in [0.1, 0.15) is 17.2 Å². The molecule has 5 nitrogen and oxygen atoms in total. The number of nitrogens with one attached hydrogen (secondary N) is 1. The first-order chi connectivity index (χ1) is 8.11. The fourth-order valence-electron chi connectivity index (χ4n) is 1.75. The lowest BCUT2D eigenvalue weighted by Gasteiger charge is -2.15. The maximum Gasteiger partial charge on any atom is 0.408 e. The van der Waals surface area contributed by atoms with Gasteiger partial charge in [-0.3, -0.25) is 0 Å². The van der Waals surface area contributed by atoms with Crippen molar-refractivity contribution in [2.75, 3.05) is 7.11 Å². The van der Waals surface area contributed by atoms with Gasteiger partial charge in [0.15, 0.2) is 12.1 Å². The summed E-state index contributed by atoms with van der Waals surface area (Å²) < 4.78 is 9.70. The van der Waals surface area contributed by atoms with Gasteiger partial charge in [0.1, 0.15) is 0 Å². The number of carbonyl (C=O) groups is 2. The molecule has 1 aromatic rings. The Morgan fingerprint density at radius 2 is 2.00 bits per heavy atom. The van der Waals surface area contributed by atoms with Crippen molar-refractivity contribution in [3.8, 4) is 0 Å². The minimum atomic E-state index is -0.782. The summed E-state index contributed by atoms with van der Waals surface area (Å²) in [5.41, 5.74) is 1.87. The first-order valence-corrected chi connectivity index (χ1v) is 5.23. The third kappa shape index (κ3) is 2.22. The molecule has 17 heavy (non-hydrogen) atoms. The van der Waals surface area contributed by atoms with Gasteiger partial charge < -0.3 is 14.8 Å². The van der Waals surface area contributed by atoms with E-state index in [-0.39, 0.29) is 0 Å². The summed E-state index contributed by atoms with van der Waals surface area (Å²) in [6, 6.07) is 6.67. The van der Waals surface area contributed by atoms with E-state index in [1.165, 1.54) is 7.11 Å². The van der Waals surface area contributed by atoms with Crippen LogP contribution in [-0.4, -0.2) is 25.2 Å². The van der Waals surface area contributed by atoms with Crippen molar-refractivity contribution < 1.29 is 19.1 Å². The van der Waals surface area contributed by atoms with Crippen molar-refractivity contribution in [3.63, 3.8) is 0 Å². The number of alkyl carbamates (subject to hydrolysis) is 1. The molecule has 0 aromatic heterocycles. The molecular weight excluding hydrogens is 222 g/mol. The Morgan fingerprint density at radius 1 is 1.35 bits per heavy atom. The zero-order chi connectivity index (χ0) is 12.4. The van der Waals surface area contributed by atoms with Crippen molar-refractivity contribution >= 4 is 12.1 Å². The van der Waals surface area contributed by atoms with Gasteiger partial charge in [-0.25, -0.2) is 9.59 Å². The number of aryl methyl sites for hydroxylation is 1. The standard InChI is InChI=1S/C12H13NO4/c1-7-3-5-8(6-4-7)10-9(11(14)16-2)13-12(15)17-10/h3-6,9-10H,1-2H3,(H,13,15)/t9-,10+/m0/s1. The van der Waals surface area contributed by atoms with Crippen LogP contribution in [0.5, 0.6) is 0 Å². The molecule has 0 aliphatic carbocycles. The van der Waals surface area contributed by atoms with Crippen LogP contribution in [0.2, 0.25) is 0 Å². The number of carbonyl (C=O) groups excluding carboxylic acids is 2. The molecule has 2 rings (SSSR count). The predicted octanol–water partition coefficient (Wildman–Crippen LogP) is 1.32. The lowest BCUT2D eigenvalue weighted by Crippen LogP contribution is -2.36. The van der Waals surface area contributed by atoms with Gasteiger partial charge in [0.2, 0.25) is 0 Å². The summed E-state index contributed by atoms with van der Waals surface area (Å²) in [5.74, 6) is -0.513. The van der Waals surface area contributed by atoms with Gasteiger partial charge in [0.25, 0.3) is 0 Å². The zero-order valence-electron chi connectivity index (χ0n) is 9.60. The second kappa shape index (κ2) is 4.45. The first-order valence-electron chi connectivity index (χ1n) is 5.23. The van der Waals surface area contributed by atoms with E-state index in [1.807, 2.05) is 31.2 Å². The number of benzene rings is 1. The van der Waals surface area contributed by atoms with Gasteiger partial charge in [0.05, 0.1) is 7.11 Å². The van der Waals surface area contributed by atoms with Crippen LogP contribution in [0.3, 0.4) is 0 Å². The average molecular weight is 235 g/mol. The van der Waals surface area contributed by atoms with Gasteiger partial charge in [-0.2, -0.15) is 0 Å². The number of hydrogen-bond acceptors (Lipinski definition) is 4. The van der Waals surface area contributed by atoms with Gasteiger partial charge in [-0.15, -0.1) is 0 Å². The average Bonchev–Trinajstić information content (AvgIpc) is 2.71. The number of hydrogen-bond donors (Lipinski definition) is 1. The van der Waals surface area contributed by atoms with Crippen LogP contribution in [0, 0.1) is 6.92 Å². The monoisotopic (exact) mass is 235 g/mol. The molecule has 1 saturated heterocycles. The molecule has 0 radical (unpaired) electrons. The molecule has 5 heteroatoms. The number of cyclic esters (lactones) is 1. The van der Waals surface area contributed by atoms with Crippen LogP contribution in [-0.2, 0) is 14.3 Å². The van der Waals surface area contributed by atoms with E-state index in [0.717, 1.165) is 11.1 Å².